The lowest BCUT2D eigenvalue weighted by Gasteiger charge is -2.40. The number of carbonyl (C=O) groups excluding carboxylic acids is 1. The van der Waals surface area contributed by atoms with E-state index in [1.807, 2.05) is 36.9 Å². The molecule has 7 nitrogen and oxygen atoms in total. The number of nitrogens with zero attached hydrogens (tertiary/aromatic N) is 4. The van der Waals surface area contributed by atoms with Crippen molar-refractivity contribution < 1.29 is 13.9 Å². The molecule has 1 saturated carbocycles. The van der Waals surface area contributed by atoms with Crippen LogP contribution in [0.5, 0.6) is 5.75 Å². The second-order valence-corrected chi connectivity index (χ2v) is 10.4. The van der Waals surface area contributed by atoms with Gasteiger partial charge in [-0.2, -0.15) is 0 Å². The molecule has 2 aliphatic rings. The van der Waals surface area contributed by atoms with Crippen LogP contribution in [-0.2, 0) is 18.5 Å². The number of aromatic nitrogens is 2. The average Bonchev–Trinajstić information content (AvgIpc) is 3.66. The van der Waals surface area contributed by atoms with Gasteiger partial charge in [-0.15, -0.1) is 0 Å². The summed E-state index contributed by atoms with van der Waals surface area (Å²) in [6, 6.07) is 9.47. The van der Waals surface area contributed by atoms with Crippen molar-refractivity contribution in [1.29, 1.82) is 0 Å². The third-order valence-corrected chi connectivity index (χ3v) is 7.33. The van der Waals surface area contributed by atoms with Gasteiger partial charge < -0.3 is 19.9 Å². The molecule has 1 atom stereocenters. The average molecular weight is 504 g/mol. The first-order valence-electron chi connectivity index (χ1n) is 12.9. The number of nitrogens with one attached hydrogen (secondary N) is 1. The van der Waals surface area contributed by atoms with Crippen LogP contribution in [0.2, 0.25) is 0 Å². The molecule has 1 aliphatic carbocycles. The van der Waals surface area contributed by atoms with Gasteiger partial charge in [0, 0.05) is 54.8 Å². The molecule has 1 aromatic carbocycles. The summed E-state index contributed by atoms with van der Waals surface area (Å²) in [7, 11) is 4.12. The highest BCUT2D eigenvalue weighted by Crippen LogP contribution is 2.55. The maximum absolute atomic E-state index is 14.2. The van der Waals surface area contributed by atoms with Crippen LogP contribution in [0.3, 0.4) is 0 Å². The Morgan fingerprint density at radius 3 is 2.65 bits per heavy atom. The largest absolute Gasteiger partial charge is 0.491 e. The molecule has 1 spiro atoms. The molecule has 5 rings (SSSR count). The first-order valence-corrected chi connectivity index (χ1v) is 12.9. The highest BCUT2D eigenvalue weighted by atomic mass is 19.1. The number of hydrogen-bond donors (Lipinski definition) is 1. The maximum atomic E-state index is 14.2. The number of hydrogen-bond acceptors (Lipinski definition) is 6. The molecular weight excluding hydrogens is 469 g/mol. The van der Waals surface area contributed by atoms with E-state index < -0.39 is 5.82 Å². The van der Waals surface area contributed by atoms with Crippen LogP contribution in [0.4, 0.5) is 10.1 Å². The molecule has 1 unspecified atom stereocenters. The lowest BCUT2D eigenvalue weighted by Crippen LogP contribution is -2.45. The van der Waals surface area contributed by atoms with Crippen molar-refractivity contribution in [3.05, 3.63) is 82.7 Å². The van der Waals surface area contributed by atoms with Gasteiger partial charge in [-0.05, 0) is 75.7 Å². The standard InChI is InChI=1S/C29H34FN5O2/c1-5-37-26-14-25(33-16-24(26)30)19(2)35-18-29(8-9-29)27-21(17-34(3)4)12-20(13-23(27)28(35)36)15-32-22-6-10-31-11-7-22/h6-7,10-14,16,19H,5,8-9,15,17-18H2,1-4H3,(H,31,32). The van der Waals surface area contributed by atoms with Crippen molar-refractivity contribution in [3.63, 3.8) is 0 Å². The molecule has 1 fully saturated rings. The molecule has 2 aromatic heterocycles. The third kappa shape index (κ3) is 5.03. The minimum atomic E-state index is -0.494. The molecule has 0 saturated heterocycles. The van der Waals surface area contributed by atoms with Crippen LogP contribution in [0.15, 0.2) is 48.9 Å². The molecule has 3 heterocycles. The van der Waals surface area contributed by atoms with Gasteiger partial charge >= 0.3 is 0 Å². The smallest absolute Gasteiger partial charge is 0.254 e. The zero-order chi connectivity index (χ0) is 26.2. The van der Waals surface area contributed by atoms with E-state index in [0.717, 1.165) is 36.2 Å². The van der Waals surface area contributed by atoms with Crippen molar-refractivity contribution in [1.82, 2.24) is 19.8 Å². The summed E-state index contributed by atoms with van der Waals surface area (Å²) in [6.45, 7) is 6.15. The minimum absolute atomic E-state index is 0.00474. The topological polar surface area (TPSA) is 70.6 Å². The van der Waals surface area contributed by atoms with Crippen LogP contribution in [0, 0.1) is 5.82 Å². The number of pyridine rings is 2. The number of anilines is 1. The van der Waals surface area contributed by atoms with Crippen molar-refractivity contribution in [2.75, 3.05) is 32.6 Å². The van der Waals surface area contributed by atoms with Gasteiger partial charge in [0.1, 0.15) is 0 Å². The SMILES string of the molecule is CCOc1cc(C(C)N2CC3(CC3)c3c(CN(C)C)cc(CNc4ccncc4)cc3C2=O)ncc1F. The van der Waals surface area contributed by atoms with Gasteiger partial charge in [-0.25, -0.2) is 4.39 Å². The van der Waals surface area contributed by atoms with E-state index >= 15 is 0 Å². The summed E-state index contributed by atoms with van der Waals surface area (Å²) < 4.78 is 19.6. The van der Waals surface area contributed by atoms with E-state index in [0.29, 0.717) is 25.4 Å². The van der Waals surface area contributed by atoms with E-state index in [9.17, 15) is 9.18 Å². The van der Waals surface area contributed by atoms with Crippen LogP contribution < -0.4 is 10.1 Å². The Bertz CT molecular complexity index is 1290. The fourth-order valence-corrected chi connectivity index (χ4v) is 5.40. The summed E-state index contributed by atoms with van der Waals surface area (Å²) in [5.74, 6) is -0.329. The fraction of sp³-hybridized carbons (Fsp3) is 0.414. The number of ether oxygens (including phenoxy) is 1. The molecule has 1 aliphatic heterocycles. The quantitative estimate of drug-likeness (QED) is 0.446. The summed E-state index contributed by atoms with van der Waals surface area (Å²) in [5, 5.41) is 3.44. The number of benzene rings is 1. The Morgan fingerprint density at radius 2 is 1.97 bits per heavy atom. The molecule has 1 amide bonds. The minimum Gasteiger partial charge on any atom is -0.491 e. The Hall–Kier alpha value is -3.52. The van der Waals surface area contributed by atoms with Crippen LogP contribution in [0.1, 0.15) is 65.5 Å². The highest BCUT2D eigenvalue weighted by Gasteiger charge is 2.53. The van der Waals surface area contributed by atoms with Crippen molar-refractivity contribution in [2.45, 2.75) is 51.2 Å². The number of rotatable bonds is 9. The van der Waals surface area contributed by atoms with Gasteiger partial charge in [-0.1, -0.05) is 6.07 Å². The second kappa shape index (κ2) is 10.1. The van der Waals surface area contributed by atoms with E-state index in [-0.39, 0.29) is 23.1 Å². The second-order valence-electron chi connectivity index (χ2n) is 10.4. The van der Waals surface area contributed by atoms with E-state index in [1.165, 1.54) is 17.3 Å². The molecule has 194 valence electrons. The van der Waals surface area contributed by atoms with Gasteiger partial charge in [0.2, 0.25) is 0 Å². The number of carbonyl (C=O) groups is 1. The molecule has 0 radical (unpaired) electrons. The summed E-state index contributed by atoms with van der Waals surface area (Å²) >= 11 is 0. The summed E-state index contributed by atoms with van der Waals surface area (Å²) in [6.07, 6.45) is 6.79. The highest BCUT2D eigenvalue weighted by molar-refractivity contribution is 5.99. The lowest BCUT2D eigenvalue weighted by molar-refractivity contribution is 0.0633. The number of fused-ring (bicyclic) bond motifs is 2. The van der Waals surface area contributed by atoms with Gasteiger partial charge in [0.05, 0.1) is 24.5 Å². The molecular formula is C29H34FN5O2. The monoisotopic (exact) mass is 503 g/mol. The Kier molecular flexibility index (Phi) is 6.86. The molecule has 0 bridgehead atoms. The zero-order valence-corrected chi connectivity index (χ0v) is 21.9. The molecule has 8 heteroatoms. The molecule has 3 aromatic rings. The van der Waals surface area contributed by atoms with Gasteiger partial charge in [-0.3, -0.25) is 14.8 Å². The van der Waals surface area contributed by atoms with E-state index in [4.69, 9.17) is 4.74 Å². The predicted molar refractivity (Wildman–Crippen MR) is 141 cm³/mol. The number of amides is 1. The number of halogens is 1. The fourth-order valence-electron chi connectivity index (χ4n) is 5.40. The zero-order valence-electron chi connectivity index (χ0n) is 21.9. The molecule has 1 N–H and O–H groups in total. The van der Waals surface area contributed by atoms with Crippen molar-refractivity contribution in [3.8, 4) is 5.75 Å². The summed E-state index contributed by atoms with van der Waals surface area (Å²) in [5.41, 5.74) is 5.81. The Labute approximate surface area is 217 Å². The Balaban J connectivity index is 1.51. The third-order valence-electron chi connectivity index (χ3n) is 7.33. The maximum Gasteiger partial charge on any atom is 0.254 e. The Morgan fingerprint density at radius 1 is 1.22 bits per heavy atom. The lowest BCUT2D eigenvalue weighted by atomic mass is 9.81. The van der Waals surface area contributed by atoms with Crippen LogP contribution in [0.25, 0.3) is 0 Å². The van der Waals surface area contributed by atoms with E-state index in [2.05, 4.69) is 40.3 Å². The normalized spacial score (nSPS) is 16.6. The van der Waals surface area contributed by atoms with E-state index in [1.54, 1.807) is 18.5 Å². The first kappa shape index (κ1) is 25.1. The van der Waals surface area contributed by atoms with Crippen molar-refractivity contribution in [2.24, 2.45) is 0 Å². The predicted octanol–water partition coefficient (Wildman–Crippen LogP) is 4.94. The molecule has 37 heavy (non-hydrogen) atoms. The van der Waals surface area contributed by atoms with Crippen molar-refractivity contribution >= 4 is 11.6 Å². The van der Waals surface area contributed by atoms with Crippen LogP contribution >= 0.6 is 0 Å². The van der Waals surface area contributed by atoms with Gasteiger partial charge in [0.15, 0.2) is 11.6 Å². The first-order chi connectivity index (χ1) is 17.8. The van der Waals surface area contributed by atoms with Gasteiger partial charge in [0.25, 0.3) is 5.91 Å². The van der Waals surface area contributed by atoms with Crippen LogP contribution in [-0.4, -0.2) is 52.9 Å². The summed E-state index contributed by atoms with van der Waals surface area (Å²) in [4.78, 5) is 26.5.